The van der Waals surface area contributed by atoms with Gasteiger partial charge in [0, 0.05) is 28.1 Å². The number of nitrogens with zero attached hydrogens (tertiary/aromatic N) is 1. The summed E-state index contributed by atoms with van der Waals surface area (Å²) in [6.45, 7) is 25.6. The minimum absolute atomic E-state index is 0.0283. The van der Waals surface area contributed by atoms with Crippen LogP contribution < -0.4 is 15.8 Å². The fourth-order valence-electron chi connectivity index (χ4n) is 9.47. The van der Waals surface area contributed by atoms with Crippen molar-refractivity contribution >= 4 is 46.2 Å². The molecule has 0 saturated heterocycles. The first-order chi connectivity index (χ1) is 28.7. The Morgan fingerprint density at radius 2 is 1.32 bits per heavy atom. The van der Waals surface area contributed by atoms with E-state index in [2.05, 4.69) is 137 Å². The van der Waals surface area contributed by atoms with Crippen LogP contribution in [0.2, 0.25) is 0 Å². The first kappa shape index (κ1) is 40.9. The molecule has 4 heteroatoms. The highest BCUT2D eigenvalue weighted by molar-refractivity contribution is 6.97. The Labute approximate surface area is 352 Å². The molecule has 10 rings (SSSR count). The Morgan fingerprint density at radius 1 is 0.661 bits per heavy atom. The molecule has 0 N–H and O–H groups in total. The van der Waals surface area contributed by atoms with Crippen LogP contribution in [-0.4, -0.2) is 24.3 Å². The summed E-state index contributed by atoms with van der Waals surface area (Å²) >= 11 is 0. The lowest BCUT2D eigenvalue weighted by Crippen LogP contribution is -2.60. The number of carbonyl (C=O) groups excluding carboxylic acids is 2. The van der Waals surface area contributed by atoms with Crippen molar-refractivity contribution in [3.63, 3.8) is 0 Å². The average molecular weight is 772 g/mol. The number of benzene rings is 5. The lowest BCUT2D eigenvalue weighted by molar-refractivity contribution is 0.102. The number of hydrogen-bond donors (Lipinski definition) is 0. The van der Waals surface area contributed by atoms with Gasteiger partial charge in [0.2, 0.25) is 6.71 Å². The van der Waals surface area contributed by atoms with Crippen LogP contribution in [0.3, 0.4) is 0 Å². The molecule has 5 aromatic rings. The number of Topliss-reactive ketones (excluding diaryl/α,β-unsaturated/α-hetero) is 2. The zero-order valence-electron chi connectivity index (χ0n) is 35.9. The third-order valence-corrected chi connectivity index (χ3v) is 12.1. The summed E-state index contributed by atoms with van der Waals surface area (Å²) in [6, 6.07) is 33.4. The van der Waals surface area contributed by atoms with Gasteiger partial charge in [-0.2, -0.15) is 0 Å². The fourth-order valence-corrected chi connectivity index (χ4v) is 9.47. The zero-order chi connectivity index (χ0) is 42.1. The molecule has 3 heterocycles. The molecule has 3 aliphatic heterocycles. The van der Waals surface area contributed by atoms with Crippen LogP contribution in [-0.2, 0) is 0 Å². The van der Waals surface area contributed by atoms with Crippen molar-refractivity contribution in [1.82, 2.24) is 0 Å². The Balaban J connectivity index is 0.000000427. The molecule has 0 aromatic heterocycles. The van der Waals surface area contributed by atoms with Gasteiger partial charge in [-0.3, -0.25) is 9.59 Å². The van der Waals surface area contributed by atoms with Crippen LogP contribution in [0.4, 0.5) is 11.4 Å². The van der Waals surface area contributed by atoms with E-state index in [1.807, 2.05) is 64.1 Å². The molecule has 0 amide bonds. The largest absolute Gasteiger partial charge is 0.330 e. The van der Waals surface area contributed by atoms with Gasteiger partial charge in [0.05, 0.1) is 6.04 Å². The third-order valence-electron chi connectivity index (χ3n) is 12.1. The van der Waals surface area contributed by atoms with Gasteiger partial charge in [0.15, 0.2) is 11.6 Å². The Kier molecular flexibility index (Phi) is 11.7. The number of allylic oxidation sites excluding steroid dienone is 6. The molecule has 2 aliphatic carbocycles. The van der Waals surface area contributed by atoms with Gasteiger partial charge >= 0.3 is 0 Å². The molecule has 0 bridgehead atoms. The number of ketones is 2. The number of rotatable bonds is 4. The predicted molar refractivity (Wildman–Crippen MR) is 252 cm³/mol. The van der Waals surface area contributed by atoms with Gasteiger partial charge in [-0.1, -0.05) is 161 Å². The van der Waals surface area contributed by atoms with E-state index >= 15 is 0 Å². The molecular formula is C55H54BNO2. The highest BCUT2D eigenvalue weighted by atomic mass is 16.1. The highest BCUT2D eigenvalue weighted by Gasteiger charge is 2.50. The van der Waals surface area contributed by atoms with Gasteiger partial charge in [-0.15, -0.1) is 0 Å². The van der Waals surface area contributed by atoms with Crippen LogP contribution >= 0.6 is 0 Å². The van der Waals surface area contributed by atoms with E-state index in [4.69, 9.17) is 0 Å². The molecule has 5 aliphatic rings. The fraction of sp³-hybridized carbons (Fsp3) is 0.200. The second-order valence-electron chi connectivity index (χ2n) is 15.3. The van der Waals surface area contributed by atoms with Crippen molar-refractivity contribution in [2.75, 3.05) is 4.90 Å². The van der Waals surface area contributed by atoms with Crippen molar-refractivity contribution in [3.8, 4) is 11.1 Å². The Hall–Kier alpha value is -6.26. The molecule has 0 spiro atoms. The van der Waals surface area contributed by atoms with Crippen LogP contribution in [0.15, 0.2) is 163 Å². The lowest BCUT2D eigenvalue weighted by Gasteiger charge is -2.42. The quantitative estimate of drug-likeness (QED) is 0.171. The minimum Gasteiger partial charge on any atom is -0.330 e. The smallest absolute Gasteiger partial charge is 0.246 e. The topological polar surface area (TPSA) is 37.4 Å². The second kappa shape index (κ2) is 16.9. The Morgan fingerprint density at radius 3 is 2.02 bits per heavy atom. The normalized spacial score (nSPS) is 16.2. The van der Waals surface area contributed by atoms with E-state index in [-0.39, 0.29) is 24.3 Å². The molecule has 1 atom stereocenters. The summed E-state index contributed by atoms with van der Waals surface area (Å²) in [4.78, 5) is 30.8. The molecule has 0 fully saturated rings. The maximum atomic E-state index is 14.6. The molecule has 0 saturated carbocycles. The van der Waals surface area contributed by atoms with Crippen molar-refractivity contribution in [2.45, 2.75) is 74.3 Å². The lowest BCUT2D eigenvalue weighted by atomic mass is 9.26. The number of carbonyl (C=O) groups is 2. The van der Waals surface area contributed by atoms with Gasteiger partial charge < -0.3 is 4.90 Å². The van der Waals surface area contributed by atoms with Crippen LogP contribution in [0.1, 0.15) is 94.6 Å². The molecule has 1 unspecified atom stereocenters. The summed E-state index contributed by atoms with van der Waals surface area (Å²) in [7, 11) is 0. The number of anilines is 2. The minimum atomic E-state index is -0.160. The van der Waals surface area contributed by atoms with Crippen molar-refractivity contribution in [3.05, 3.63) is 207 Å². The SMILES string of the molecule is C=C1c2cccc3c2B2C4=C(CCC=C4C3=O)C(=O)c3cc(N(c4ccc(C)c(-c5ccccc5C)c4C)C4C=CC=CC4=C)cc1c32.CC.CC.Cc1ccccc1. The zero-order valence-corrected chi connectivity index (χ0v) is 35.9. The summed E-state index contributed by atoms with van der Waals surface area (Å²) in [5.74, 6) is 0.0630. The summed E-state index contributed by atoms with van der Waals surface area (Å²) < 4.78 is 0. The van der Waals surface area contributed by atoms with E-state index < -0.39 is 0 Å². The van der Waals surface area contributed by atoms with Gasteiger partial charge in [0.25, 0.3) is 0 Å². The second-order valence-corrected chi connectivity index (χ2v) is 15.3. The van der Waals surface area contributed by atoms with E-state index in [1.54, 1.807) is 0 Å². The summed E-state index contributed by atoms with van der Waals surface area (Å²) in [6.07, 6.45) is 11.7. The molecule has 5 aromatic carbocycles. The first-order valence-corrected chi connectivity index (χ1v) is 21.2. The molecule has 294 valence electrons. The average Bonchev–Trinajstić information content (AvgIpc) is 3.26. The number of hydrogen-bond acceptors (Lipinski definition) is 3. The standard InChI is InChI=1S/C44H34BNO2.C7H8.2C2H6/c1-24-12-6-8-14-30(24)39-26(3)20-21-38(28(39)5)46(37-19-9-7-13-25(37)2)29-22-35-27(4)31-15-10-16-32-40(31)45-41-33(43(32)47)17-11-18-34(41)44(48)36(23-29)42(35)45;1-7-5-3-2-4-6-7;2*1-2/h6-10,12-17,19-23,37H,2,4,11,18H2,1,3,5H3;2-6H,1H3;2*1-2H3. The molecule has 0 radical (unpaired) electrons. The van der Waals surface area contributed by atoms with Crippen molar-refractivity contribution in [2.24, 2.45) is 0 Å². The van der Waals surface area contributed by atoms with E-state index in [0.717, 1.165) is 66.7 Å². The van der Waals surface area contributed by atoms with Crippen LogP contribution in [0.25, 0.3) is 16.7 Å². The van der Waals surface area contributed by atoms with E-state index in [9.17, 15) is 9.59 Å². The molecule has 59 heavy (non-hydrogen) atoms. The van der Waals surface area contributed by atoms with Gasteiger partial charge in [0.1, 0.15) is 0 Å². The third kappa shape index (κ3) is 6.85. The van der Waals surface area contributed by atoms with Crippen LogP contribution in [0.5, 0.6) is 0 Å². The predicted octanol–water partition coefficient (Wildman–Crippen LogP) is 12.4. The maximum absolute atomic E-state index is 14.6. The van der Waals surface area contributed by atoms with E-state index in [1.165, 1.54) is 33.4 Å². The highest BCUT2D eigenvalue weighted by Crippen LogP contribution is 2.46. The number of aryl methyl sites for hydroxylation is 3. The van der Waals surface area contributed by atoms with Gasteiger partial charge in [-0.05, 0) is 125 Å². The van der Waals surface area contributed by atoms with Crippen molar-refractivity contribution in [1.29, 1.82) is 0 Å². The summed E-state index contributed by atoms with van der Waals surface area (Å²) in [5.41, 5.74) is 19.1. The van der Waals surface area contributed by atoms with Crippen molar-refractivity contribution < 1.29 is 9.59 Å². The Bertz CT molecular complexity index is 2670. The monoisotopic (exact) mass is 771 g/mol. The van der Waals surface area contributed by atoms with Crippen LogP contribution in [0, 0.1) is 27.7 Å². The summed E-state index contributed by atoms with van der Waals surface area (Å²) in [5, 5.41) is 0. The molecular weight excluding hydrogens is 717 g/mol. The molecule has 3 nitrogen and oxygen atoms in total. The maximum Gasteiger partial charge on any atom is 0.246 e. The first-order valence-electron chi connectivity index (χ1n) is 21.2. The van der Waals surface area contributed by atoms with Gasteiger partial charge in [-0.25, -0.2) is 0 Å². The van der Waals surface area contributed by atoms with E-state index in [0.29, 0.717) is 18.4 Å².